The van der Waals surface area contributed by atoms with Crippen molar-refractivity contribution in [2.75, 3.05) is 6.61 Å². The second-order valence-corrected chi connectivity index (χ2v) is 4.90. The molecule has 0 bridgehead atoms. The smallest absolute Gasteiger partial charge is 0.140 e. The highest BCUT2D eigenvalue weighted by Gasteiger charge is 2.06. The van der Waals surface area contributed by atoms with Crippen LogP contribution in [0.1, 0.15) is 25.2 Å². The fourth-order valence-corrected chi connectivity index (χ4v) is 1.87. The molecule has 2 aromatic rings. The van der Waals surface area contributed by atoms with E-state index in [0.717, 1.165) is 18.1 Å². The standard InChI is InChI=1S/C15H22N4O/c1-4-19-15(17-11-18-19)9-16-13(3)10-20-14-7-5-12(2)6-8-14/h5-8,11,13,16H,4,9-10H2,1-3H3. The van der Waals surface area contributed by atoms with Crippen molar-refractivity contribution in [2.24, 2.45) is 0 Å². The third kappa shape index (κ3) is 4.06. The van der Waals surface area contributed by atoms with Gasteiger partial charge in [0.1, 0.15) is 24.5 Å². The summed E-state index contributed by atoms with van der Waals surface area (Å²) >= 11 is 0. The van der Waals surface area contributed by atoms with Gasteiger partial charge < -0.3 is 10.1 Å². The first-order chi connectivity index (χ1) is 9.69. The molecule has 1 atom stereocenters. The number of ether oxygens (including phenoxy) is 1. The van der Waals surface area contributed by atoms with E-state index in [1.807, 2.05) is 16.8 Å². The van der Waals surface area contributed by atoms with E-state index in [1.54, 1.807) is 6.33 Å². The average Bonchev–Trinajstić information content (AvgIpc) is 2.92. The maximum atomic E-state index is 5.74. The number of hydrogen-bond donors (Lipinski definition) is 1. The summed E-state index contributed by atoms with van der Waals surface area (Å²) in [5.41, 5.74) is 1.24. The van der Waals surface area contributed by atoms with Gasteiger partial charge in [0.15, 0.2) is 0 Å². The van der Waals surface area contributed by atoms with Gasteiger partial charge in [-0.05, 0) is 32.9 Å². The molecule has 1 N–H and O–H groups in total. The van der Waals surface area contributed by atoms with Crippen LogP contribution in [-0.2, 0) is 13.1 Å². The van der Waals surface area contributed by atoms with Crippen molar-refractivity contribution in [3.63, 3.8) is 0 Å². The number of nitrogens with one attached hydrogen (secondary N) is 1. The summed E-state index contributed by atoms with van der Waals surface area (Å²) in [6.45, 7) is 8.39. The Morgan fingerprint density at radius 2 is 2.05 bits per heavy atom. The average molecular weight is 274 g/mol. The predicted molar refractivity (Wildman–Crippen MR) is 78.7 cm³/mol. The Morgan fingerprint density at radius 1 is 1.30 bits per heavy atom. The zero-order valence-electron chi connectivity index (χ0n) is 12.3. The molecule has 0 saturated heterocycles. The monoisotopic (exact) mass is 274 g/mol. The van der Waals surface area contributed by atoms with Crippen molar-refractivity contribution in [3.8, 4) is 5.75 Å². The molecule has 108 valence electrons. The molecule has 5 nitrogen and oxygen atoms in total. The van der Waals surface area contributed by atoms with Gasteiger partial charge in [-0.25, -0.2) is 9.67 Å². The Labute approximate surface area is 120 Å². The minimum Gasteiger partial charge on any atom is -0.492 e. The molecule has 1 unspecified atom stereocenters. The molecule has 0 saturated carbocycles. The molecule has 20 heavy (non-hydrogen) atoms. The number of nitrogens with zero attached hydrogens (tertiary/aromatic N) is 3. The van der Waals surface area contributed by atoms with Crippen LogP contribution in [0, 0.1) is 6.92 Å². The van der Waals surface area contributed by atoms with Gasteiger partial charge in [-0.1, -0.05) is 17.7 Å². The van der Waals surface area contributed by atoms with Crippen LogP contribution in [0.5, 0.6) is 5.75 Å². The SMILES string of the molecule is CCn1ncnc1CNC(C)COc1ccc(C)cc1. The fourth-order valence-electron chi connectivity index (χ4n) is 1.87. The molecule has 0 aliphatic heterocycles. The van der Waals surface area contributed by atoms with E-state index >= 15 is 0 Å². The Kier molecular flexibility index (Phi) is 5.12. The van der Waals surface area contributed by atoms with Gasteiger partial charge >= 0.3 is 0 Å². The minimum absolute atomic E-state index is 0.248. The van der Waals surface area contributed by atoms with Gasteiger partial charge in [0.05, 0.1) is 6.54 Å². The van der Waals surface area contributed by atoms with E-state index < -0.39 is 0 Å². The van der Waals surface area contributed by atoms with Crippen molar-refractivity contribution < 1.29 is 4.74 Å². The fraction of sp³-hybridized carbons (Fsp3) is 0.467. The summed E-state index contributed by atoms with van der Waals surface area (Å²) in [6, 6.07) is 8.35. The van der Waals surface area contributed by atoms with Crippen molar-refractivity contribution in [3.05, 3.63) is 42.0 Å². The summed E-state index contributed by atoms with van der Waals surface area (Å²) in [7, 11) is 0. The highest BCUT2D eigenvalue weighted by Crippen LogP contribution is 2.11. The quantitative estimate of drug-likeness (QED) is 0.840. The van der Waals surface area contributed by atoms with Crippen molar-refractivity contribution in [2.45, 2.75) is 39.9 Å². The van der Waals surface area contributed by atoms with Gasteiger partial charge in [-0.15, -0.1) is 0 Å². The van der Waals surface area contributed by atoms with Crippen LogP contribution in [0.15, 0.2) is 30.6 Å². The number of aromatic nitrogens is 3. The second-order valence-electron chi connectivity index (χ2n) is 4.90. The molecule has 0 spiro atoms. The van der Waals surface area contributed by atoms with Crippen LogP contribution in [0.25, 0.3) is 0 Å². The molecule has 5 heteroatoms. The second kappa shape index (κ2) is 7.05. The molecule has 1 aromatic carbocycles. The van der Waals surface area contributed by atoms with Crippen LogP contribution in [0.2, 0.25) is 0 Å². The summed E-state index contributed by atoms with van der Waals surface area (Å²) in [5.74, 6) is 1.86. The topological polar surface area (TPSA) is 52.0 Å². The predicted octanol–water partition coefficient (Wildman–Crippen LogP) is 2.16. The Morgan fingerprint density at radius 3 is 2.75 bits per heavy atom. The van der Waals surface area contributed by atoms with Crippen LogP contribution in [0.3, 0.4) is 0 Å². The summed E-state index contributed by atoms with van der Waals surface area (Å²) in [6.07, 6.45) is 1.59. The maximum Gasteiger partial charge on any atom is 0.140 e. The first-order valence-corrected chi connectivity index (χ1v) is 6.98. The normalized spacial score (nSPS) is 12.3. The lowest BCUT2D eigenvalue weighted by Crippen LogP contribution is -2.32. The van der Waals surface area contributed by atoms with Gasteiger partial charge in [0.25, 0.3) is 0 Å². The molecule has 0 radical (unpaired) electrons. The minimum atomic E-state index is 0.248. The van der Waals surface area contributed by atoms with E-state index in [2.05, 4.69) is 48.3 Å². The Hall–Kier alpha value is -1.88. The van der Waals surface area contributed by atoms with E-state index in [0.29, 0.717) is 13.2 Å². The Bertz CT molecular complexity index is 521. The molecule has 1 aromatic heterocycles. The molecule has 0 aliphatic rings. The zero-order valence-corrected chi connectivity index (χ0v) is 12.3. The first kappa shape index (κ1) is 14.5. The maximum absolute atomic E-state index is 5.74. The zero-order chi connectivity index (χ0) is 14.4. The molecule has 1 heterocycles. The van der Waals surface area contributed by atoms with Gasteiger partial charge in [0.2, 0.25) is 0 Å². The van der Waals surface area contributed by atoms with Crippen LogP contribution in [0.4, 0.5) is 0 Å². The third-order valence-corrected chi connectivity index (χ3v) is 3.12. The van der Waals surface area contributed by atoms with E-state index in [9.17, 15) is 0 Å². The van der Waals surface area contributed by atoms with E-state index in [-0.39, 0.29) is 6.04 Å². The lowest BCUT2D eigenvalue weighted by Gasteiger charge is -2.15. The molecular formula is C15H22N4O. The van der Waals surface area contributed by atoms with Crippen molar-refractivity contribution in [1.29, 1.82) is 0 Å². The summed E-state index contributed by atoms with van der Waals surface area (Å²) in [5, 5.41) is 7.54. The highest BCUT2D eigenvalue weighted by molar-refractivity contribution is 5.26. The van der Waals surface area contributed by atoms with Gasteiger partial charge in [0, 0.05) is 12.6 Å². The third-order valence-electron chi connectivity index (χ3n) is 3.12. The molecule has 2 rings (SSSR count). The summed E-state index contributed by atoms with van der Waals surface area (Å²) in [4.78, 5) is 4.24. The largest absolute Gasteiger partial charge is 0.492 e. The number of rotatable bonds is 7. The van der Waals surface area contributed by atoms with E-state index in [4.69, 9.17) is 4.74 Å². The van der Waals surface area contributed by atoms with Crippen LogP contribution < -0.4 is 10.1 Å². The van der Waals surface area contributed by atoms with Crippen molar-refractivity contribution >= 4 is 0 Å². The highest BCUT2D eigenvalue weighted by atomic mass is 16.5. The molecule has 0 fully saturated rings. The van der Waals surface area contributed by atoms with Crippen LogP contribution >= 0.6 is 0 Å². The first-order valence-electron chi connectivity index (χ1n) is 6.98. The summed E-state index contributed by atoms with van der Waals surface area (Å²) < 4.78 is 7.63. The molecular weight excluding hydrogens is 252 g/mol. The van der Waals surface area contributed by atoms with Crippen LogP contribution in [-0.4, -0.2) is 27.4 Å². The van der Waals surface area contributed by atoms with Crippen molar-refractivity contribution in [1.82, 2.24) is 20.1 Å². The number of aryl methyl sites for hydroxylation is 2. The number of hydrogen-bond acceptors (Lipinski definition) is 4. The Balaban J connectivity index is 1.75. The van der Waals surface area contributed by atoms with E-state index in [1.165, 1.54) is 5.56 Å². The van der Waals surface area contributed by atoms with Gasteiger partial charge in [-0.3, -0.25) is 0 Å². The van der Waals surface area contributed by atoms with Gasteiger partial charge in [-0.2, -0.15) is 5.10 Å². The molecule has 0 amide bonds. The number of benzene rings is 1. The lowest BCUT2D eigenvalue weighted by molar-refractivity contribution is 0.271. The lowest BCUT2D eigenvalue weighted by atomic mass is 10.2. The molecule has 0 aliphatic carbocycles.